The van der Waals surface area contributed by atoms with Crippen molar-refractivity contribution in [1.82, 2.24) is 4.98 Å². The number of hydrogen-bond donors (Lipinski definition) is 1. The van der Waals surface area contributed by atoms with Crippen LogP contribution >= 0.6 is 0 Å². The number of carbonyl (C=O) groups is 2. The van der Waals surface area contributed by atoms with Crippen LogP contribution in [0.2, 0.25) is 0 Å². The fourth-order valence-corrected chi connectivity index (χ4v) is 1.39. The molecule has 0 radical (unpaired) electrons. The van der Waals surface area contributed by atoms with Gasteiger partial charge in [0.15, 0.2) is 17.5 Å². The number of hydrogen-bond acceptors (Lipinski definition) is 4. The molecule has 0 amide bonds. The standard InChI is InChI=1S/C10H8N2O3/c1-5-2-3-6-8(13)7(10(14)15)4-11-9(6)12-5/h2-4,7H,1H3,(H,14,15). The highest BCUT2D eigenvalue weighted by Crippen LogP contribution is 2.24. The molecule has 1 aliphatic heterocycles. The van der Waals surface area contributed by atoms with Crippen LogP contribution in [-0.4, -0.2) is 28.1 Å². The first kappa shape index (κ1) is 9.51. The Bertz CT molecular complexity index is 480. The summed E-state index contributed by atoms with van der Waals surface area (Å²) in [7, 11) is 0. The molecule has 5 nitrogen and oxygen atoms in total. The van der Waals surface area contributed by atoms with Crippen molar-refractivity contribution in [3.63, 3.8) is 0 Å². The predicted molar refractivity (Wildman–Crippen MR) is 52.6 cm³/mol. The average molecular weight is 204 g/mol. The minimum Gasteiger partial charge on any atom is -0.480 e. The largest absolute Gasteiger partial charge is 0.480 e. The van der Waals surface area contributed by atoms with E-state index in [-0.39, 0.29) is 5.56 Å². The van der Waals surface area contributed by atoms with Crippen molar-refractivity contribution in [1.29, 1.82) is 0 Å². The van der Waals surface area contributed by atoms with Gasteiger partial charge in [-0.2, -0.15) is 0 Å². The molecular weight excluding hydrogens is 196 g/mol. The van der Waals surface area contributed by atoms with Crippen LogP contribution in [0.5, 0.6) is 0 Å². The molecule has 0 bridgehead atoms. The number of Topliss-reactive ketones (excluding diaryl/α,β-unsaturated/α-hetero) is 1. The van der Waals surface area contributed by atoms with Crippen LogP contribution < -0.4 is 0 Å². The van der Waals surface area contributed by atoms with E-state index in [0.29, 0.717) is 5.82 Å². The molecule has 0 saturated heterocycles. The number of ketones is 1. The summed E-state index contributed by atoms with van der Waals surface area (Å²) < 4.78 is 0. The van der Waals surface area contributed by atoms with Crippen LogP contribution in [0.3, 0.4) is 0 Å². The fraction of sp³-hybridized carbons (Fsp3) is 0.200. The van der Waals surface area contributed by atoms with Gasteiger partial charge in [0.1, 0.15) is 0 Å². The fourth-order valence-electron chi connectivity index (χ4n) is 1.39. The van der Waals surface area contributed by atoms with Crippen molar-refractivity contribution in [2.24, 2.45) is 10.9 Å². The lowest BCUT2D eigenvalue weighted by atomic mass is 9.97. The summed E-state index contributed by atoms with van der Waals surface area (Å²) in [6, 6.07) is 3.23. The molecular formula is C10H8N2O3. The second-order valence-electron chi connectivity index (χ2n) is 3.28. The quantitative estimate of drug-likeness (QED) is 0.692. The van der Waals surface area contributed by atoms with Gasteiger partial charge in [0, 0.05) is 11.9 Å². The smallest absolute Gasteiger partial charge is 0.319 e. The highest BCUT2D eigenvalue weighted by molar-refractivity contribution is 6.21. The topological polar surface area (TPSA) is 79.6 Å². The monoisotopic (exact) mass is 204 g/mol. The minimum absolute atomic E-state index is 0.274. The van der Waals surface area contributed by atoms with Gasteiger partial charge < -0.3 is 5.11 Å². The molecule has 2 heterocycles. The maximum absolute atomic E-state index is 11.7. The van der Waals surface area contributed by atoms with Crippen LogP contribution in [0.4, 0.5) is 5.82 Å². The molecule has 2 rings (SSSR count). The van der Waals surface area contributed by atoms with E-state index in [1.807, 2.05) is 0 Å². The Kier molecular flexibility index (Phi) is 2.07. The molecule has 0 fully saturated rings. The Labute approximate surface area is 85.5 Å². The second-order valence-corrected chi connectivity index (χ2v) is 3.28. The predicted octanol–water partition coefficient (Wildman–Crippen LogP) is 0.989. The van der Waals surface area contributed by atoms with Gasteiger partial charge in [0.25, 0.3) is 0 Å². The molecule has 0 aliphatic carbocycles. The van der Waals surface area contributed by atoms with Gasteiger partial charge in [-0.25, -0.2) is 9.98 Å². The van der Waals surface area contributed by atoms with E-state index in [1.54, 1.807) is 19.1 Å². The number of nitrogens with zero attached hydrogens (tertiary/aromatic N) is 2. The Balaban J connectivity index is 2.51. The summed E-state index contributed by atoms with van der Waals surface area (Å²) in [5, 5.41) is 8.76. The van der Waals surface area contributed by atoms with Gasteiger partial charge >= 0.3 is 5.97 Å². The van der Waals surface area contributed by atoms with Crippen molar-refractivity contribution in [3.8, 4) is 0 Å². The number of aromatic nitrogens is 1. The average Bonchev–Trinajstić information content (AvgIpc) is 2.17. The second kappa shape index (κ2) is 3.27. The van der Waals surface area contributed by atoms with E-state index in [2.05, 4.69) is 9.98 Å². The van der Waals surface area contributed by atoms with Gasteiger partial charge in [-0.1, -0.05) is 0 Å². The summed E-state index contributed by atoms with van der Waals surface area (Å²) >= 11 is 0. The van der Waals surface area contributed by atoms with Gasteiger partial charge in [-0.05, 0) is 19.1 Å². The molecule has 1 unspecified atom stereocenters. The number of carbonyl (C=O) groups excluding carboxylic acids is 1. The number of carboxylic acids is 1. The Hall–Kier alpha value is -2.04. The zero-order valence-corrected chi connectivity index (χ0v) is 7.97. The lowest BCUT2D eigenvalue weighted by molar-refractivity contribution is -0.137. The van der Waals surface area contributed by atoms with Crippen LogP contribution in [0, 0.1) is 12.8 Å². The van der Waals surface area contributed by atoms with E-state index in [4.69, 9.17) is 5.11 Å². The maximum Gasteiger partial charge on any atom is 0.319 e. The van der Waals surface area contributed by atoms with Crippen molar-refractivity contribution < 1.29 is 14.7 Å². The van der Waals surface area contributed by atoms with Crippen LogP contribution in [0.25, 0.3) is 0 Å². The minimum atomic E-state index is -1.19. The molecule has 1 atom stereocenters. The molecule has 5 heteroatoms. The molecule has 76 valence electrons. The highest BCUT2D eigenvalue weighted by atomic mass is 16.4. The molecule has 15 heavy (non-hydrogen) atoms. The molecule has 1 aliphatic rings. The molecule has 1 N–H and O–H groups in total. The van der Waals surface area contributed by atoms with Gasteiger partial charge in [0.05, 0.1) is 5.56 Å². The van der Waals surface area contributed by atoms with E-state index in [9.17, 15) is 9.59 Å². The number of aliphatic carboxylic acids is 1. The number of rotatable bonds is 1. The lowest BCUT2D eigenvalue weighted by Crippen LogP contribution is -2.27. The lowest BCUT2D eigenvalue weighted by Gasteiger charge is -2.13. The third kappa shape index (κ3) is 1.52. The Morgan fingerprint density at radius 1 is 1.47 bits per heavy atom. The van der Waals surface area contributed by atoms with Gasteiger partial charge in [-0.3, -0.25) is 9.59 Å². The SMILES string of the molecule is Cc1ccc2c(n1)N=CC(C(=O)O)C2=O. The summed E-state index contributed by atoms with van der Waals surface area (Å²) in [6.45, 7) is 1.78. The van der Waals surface area contributed by atoms with Gasteiger partial charge in [-0.15, -0.1) is 0 Å². The molecule has 1 aromatic heterocycles. The number of carboxylic acid groups (broad SMARTS) is 1. The zero-order valence-electron chi connectivity index (χ0n) is 7.97. The first-order chi connectivity index (χ1) is 7.09. The molecule has 0 saturated carbocycles. The van der Waals surface area contributed by atoms with E-state index >= 15 is 0 Å². The number of fused-ring (bicyclic) bond motifs is 1. The van der Waals surface area contributed by atoms with Crippen molar-refractivity contribution >= 4 is 23.8 Å². The van der Waals surface area contributed by atoms with Crippen LogP contribution in [0.1, 0.15) is 16.1 Å². The first-order valence-corrected chi connectivity index (χ1v) is 4.38. The van der Waals surface area contributed by atoms with Gasteiger partial charge in [0.2, 0.25) is 0 Å². The van der Waals surface area contributed by atoms with E-state index in [1.165, 1.54) is 0 Å². The number of pyridine rings is 1. The Morgan fingerprint density at radius 2 is 2.20 bits per heavy atom. The van der Waals surface area contributed by atoms with Crippen molar-refractivity contribution in [2.75, 3.05) is 0 Å². The molecule has 0 aromatic carbocycles. The first-order valence-electron chi connectivity index (χ1n) is 4.38. The summed E-state index contributed by atoms with van der Waals surface area (Å²) in [4.78, 5) is 30.3. The van der Waals surface area contributed by atoms with E-state index < -0.39 is 17.7 Å². The van der Waals surface area contributed by atoms with Crippen LogP contribution in [0.15, 0.2) is 17.1 Å². The van der Waals surface area contributed by atoms with Crippen molar-refractivity contribution in [2.45, 2.75) is 6.92 Å². The molecule has 0 spiro atoms. The van der Waals surface area contributed by atoms with Crippen LogP contribution in [-0.2, 0) is 4.79 Å². The maximum atomic E-state index is 11.7. The third-order valence-electron chi connectivity index (χ3n) is 2.17. The summed E-state index contributed by atoms with van der Waals surface area (Å²) in [5.41, 5.74) is 1.02. The molecule has 1 aromatic rings. The zero-order chi connectivity index (χ0) is 11.0. The Morgan fingerprint density at radius 3 is 2.87 bits per heavy atom. The number of aryl methyl sites for hydroxylation is 1. The third-order valence-corrected chi connectivity index (χ3v) is 2.17. The van der Waals surface area contributed by atoms with E-state index in [0.717, 1.165) is 11.9 Å². The summed E-state index contributed by atoms with van der Waals surface area (Å²) in [6.07, 6.45) is 1.12. The number of aliphatic imine (C=N–C) groups is 1. The van der Waals surface area contributed by atoms with Crippen molar-refractivity contribution in [3.05, 3.63) is 23.4 Å². The summed E-state index contributed by atoms with van der Waals surface area (Å²) in [5.74, 6) is -2.52. The normalized spacial score (nSPS) is 18.7. The highest BCUT2D eigenvalue weighted by Gasteiger charge is 2.30.